The number of hydrogen-bond donors (Lipinski definition) is 2. The first-order chi connectivity index (χ1) is 13.0. The molecule has 6 nitrogen and oxygen atoms in total. The summed E-state index contributed by atoms with van der Waals surface area (Å²) in [5.41, 5.74) is 0.823. The predicted molar refractivity (Wildman–Crippen MR) is 102 cm³/mol. The van der Waals surface area contributed by atoms with Gasteiger partial charge in [-0.3, -0.25) is 4.79 Å². The molecule has 6 heteroatoms. The highest BCUT2D eigenvalue weighted by Crippen LogP contribution is 2.24. The van der Waals surface area contributed by atoms with Crippen LogP contribution in [-0.2, 0) is 9.53 Å². The van der Waals surface area contributed by atoms with E-state index in [0.717, 1.165) is 10.8 Å². The van der Waals surface area contributed by atoms with E-state index in [1.165, 1.54) is 14.0 Å². The Morgan fingerprint density at radius 3 is 2.48 bits per heavy atom. The zero-order valence-corrected chi connectivity index (χ0v) is 14.9. The molecule has 1 amide bonds. The summed E-state index contributed by atoms with van der Waals surface area (Å²) in [7, 11) is 1.51. The molecule has 1 atom stereocenters. The number of esters is 1. The molecule has 0 radical (unpaired) electrons. The Labute approximate surface area is 156 Å². The molecule has 2 N–H and O–H groups in total. The van der Waals surface area contributed by atoms with Crippen LogP contribution in [0.5, 0.6) is 11.5 Å². The second kappa shape index (κ2) is 7.78. The Bertz CT molecular complexity index is 999. The van der Waals surface area contributed by atoms with Gasteiger partial charge in [0.25, 0.3) is 5.91 Å². The third kappa shape index (κ3) is 4.17. The van der Waals surface area contributed by atoms with E-state index in [9.17, 15) is 14.7 Å². The van der Waals surface area contributed by atoms with Crippen LogP contribution in [0.2, 0.25) is 0 Å². The Kier molecular flexibility index (Phi) is 5.26. The number of fused-ring (bicyclic) bond motifs is 1. The average Bonchev–Trinajstić information content (AvgIpc) is 2.67. The fraction of sp³-hybridized carbons (Fsp3) is 0.143. The minimum Gasteiger partial charge on any atom is -0.508 e. The monoisotopic (exact) mass is 365 g/mol. The fourth-order valence-corrected chi connectivity index (χ4v) is 2.62. The van der Waals surface area contributed by atoms with Gasteiger partial charge in [-0.15, -0.1) is 0 Å². The molecule has 0 aliphatic carbocycles. The van der Waals surface area contributed by atoms with Crippen molar-refractivity contribution in [1.29, 1.82) is 0 Å². The van der Waals surface area contributed by atoms with Crippen LogP contribution in [-0.4, -0.2) is 30.2 Å². The number of phenolic OH excluding ortho intramolecular Hbond substituents is 1. The van der Waals surface area contributed by atoms with Gasteiger partial charge in [0, 0.05) is 0 Å². The number of para-hydroxylation sites is 2. The lowest BCUT2D eigenvalue weighted by Gasteiger charge is -2.15. The maximum absolute atomic E-state index is 12.4. The largest absolute Gasteiger partial charge is 0.508 e. The van der Waals surface area contributed by atoms with E-state index in [4.69, 9.17) is 9.47 Å². The molecule has 0 unspecified atom stereocenters. The summed E-state index contributed by atoms with van der Waals surface area (Å²) in [5, 5.41) is 13.8. The van der Waals surface area contributed by atoms with Gasteiger partial charge >= 0.3 is 5.97 Å². The van der Waals surface area contributed by atoms with Crippen molar-refractivity contribution in [2.45, 2.75) is 13.0 Å². The molecule has 3 rings (SSSR count). The SMILES string of the molecule is COc1ccccc1NC(=O)[C@H](C)OC(=O)c1ccc2cc(O)ccc2c1. The summed E-state index contributed by atoms with van der Waals surface area (Å²) in [6.07, 6.45) is -0.988. The van der Waals surface area contributed by atoms with Gasteiger partial charge in [-0.05, 0) is 54.1 Å². The van der Waals surface area contributed by atoms with Crippen molar-refractivity contribution in [2.24, 2.45) is 0 Å². The third-order valence-corrected chi connectivity index (χ3v) is 4.08. The van der Waals surface area contributed by atoms with Gasteiger partial charge < -0.3 is 19.9 Å². The van der Waals surface area contributed by atoms with Gasteiger partial charge in [0.15, 0.2) is 6.10 Å². The van der Waals surface area contributed by atoms with E-state index in [1.807, 2.05) is 0 Å². The summed E-state index contributed by atoms with van der Waals surface area (Å²) in [6.45, 7) is 1.50. The molecule has 0 spiro atoms. The molecule has 3 aromatic carbocycles. The number of ether oxygens (including phenoxy) is 2. The second-order valence-corrected chi connectivity index (χ2v) is 5.98. The Balaban J connectivity index is 1.69. The maximum atomic E-state index is 12.4. The first-order valence-electron chi connectivity index (χ1n) is 8.35. The molecule has 27 heavy (non-hydrogen) atoms. The highest BCUT2D eigenvalue weighted by molar-refractivity contribution is 5.99. The molecule has 0 saturated heterocycles. The van der Waals surface area contributed by atoms with Gasteiger partial charge in [-0.25, -0.2) is 4.79 Å². The number of methoxy groups -OCH3 is 1. The summed E-state index contributed by atoms with van der Waals surface area (Å²) < 4.78 is 10.5. The number of carbonyl (C=O) groups is 2. The van der Waals surface area contributed by atoms with Gasteiger partial charge in [0.05, 0.1) is 18.4 Å². The van der Waals surface area contributed by atoms with Crippen LogP contribution in [0.4, 0.5) is 5.69 Å². The van der Waals surface area contributed by atoms with Crippen LogP contribution in [0.15, 0.2) is 60.7 Å². The minimum atomic E-state index is -0.988. The molecule has 0 bridgehead atoms. The van der Waals surface area contributed by atoms with Gasteiger partial charge in [0.2, 0.25) is 0 Å². The van der Waals surface area contributed by atoms with Crippen LogP contribution in [0.1, 0.15) is 17.3 Å². The van der Waals surface area contributed by atoms with Gasteiger partial charge in [0.1, 0.15) is 11.5 Å². The molecule has 0 fully saturated rings. The summed E-state index contributed by atoms with van der Waals surface area (Å²) >= 11 is 0. The third-order valence-electron chi connectivity index (χ3n) is 4.08. The minimum absolute atomic E-state index is 0.152. The molecule has 0 aromatic heterocycles. The maximum Gasteiger partial charge on any atom is 0.338 e. The van der Waals surface area contributed by atoms with Gasteiger partial charge in [-0.2, -0.15) is 0 Å². The highest BCUT2D eigenvalue weighted by Gasteiger charge is 2.20. The second-order valence-electron chi connectivity index (χ2n) is 5.98. The van der Waals surface area contributed by atoms with Crippen LogP contribution in [0, 0.1) is 0 Å². The van der Waals surface area contributed by atoms with E-state index in [2.05, 4.69) is 5.32 Å². The standard InChI is InChI=1S/C21H19NO5/c1-13(20(24)22-18-5-3-4-6-19(18)26-2)27-21(25)16-8-7-15-12-17(23)10-9-14(15)11-16/h3-13,23H,1-2H3,(H,22,24)/t13-/m0/s1. The van der Waals surface area contributed by atoms with Crippen molar-refractivity contribution in [1.82, 2.24) is 0 Å². The van der Waals surface area contributed by atoms with E-state index < -0.39 is 18.0 Å². The zero-order chi connectivity index (χ0) is 19.4. The van der Waals surface area contributed by atoms with Crippen LogP contribution >= 0.6 is 0 Å². The van der Waals surface area contributed by atoms with Crippen LogP contribution < -0.4 is 10.1 Å². The molecule has 0 aliphatic rings. The van der Waals surface area contributed by atoms with E-state index in [1.54, 1.807) is 60.7 Å². The number of hydrogen-bond acceptors (Lipinski definition) is 5. The Hall–Kier alpha value is -3.54. The number of benzene rings is 3. The van der Waals surface area contributed by atoms with E-state index >= 15 is 0 Å². The number of anilines is 1. The quantitative estimate of drug-likeness (QED) is 0.673. The summed E-state index contributed by atoms with van der Waals surface area (Å²) in [5.74, 6) is -0.396. The predicted octanol–water partition coefficient (Wildman–Crippen LogP) is 3.74. The van der Waals surface area contributed by atoms with E-state index in [0.29, 0.717) is 17.0 Å². The zero-order valence-electron chi connectivity index (χ0n) is 14.9. The Morgan fingerprint density at radius 2 is 1.70 bits per heavy atom. The summed E-state index contributed by atoms with van der Waals surface area (Å²) in [4.78, 5) is 24.7. The van der Waals surface area contributed by atoms with Crippen molar-refractivity contribution < 1.29 is 24.2 Å². The number of amides is 1. The van der Waals surface area contributed by atoms with Crippen molar-refractivity contribution in [2.75, 3.05) is 12.4 Å². The van der Waals surface area contributed by atoms with Crippen LogP contribution in [0.3, 0.4) is 0 Å². The highest BCUT2D eigenvalue weighted by atomic mass is 16.5. The van der Waals surface area contributed by atoms with Crippen LogP contribution in [0.25, 0.3) is 10.8 Å². The smallest absolute Gasteiger partial charge is 0.338 e. The number of nitrogens with one attached hydrogen (secondary N) is 1. The number of rotatable bonds is 5. The first kappa shape index (κ1) is 18.3. The van der Waals surface area contributed by atoms with Crippen molar-refractivity contribution in [3.05, 3.63) is 66.2 Å². The molecule has 138 valence electrons. The fourth-order valence-electron chi connectivity index (χ4n) is 2.62. The lowest BCUT2D eigenvalue weighted by molar-refractivity contribution is -0.123. The number of aromatic hydroxyl groups is 1. The Morgan fingerprint density at radius 1 is 1.00 bits per heavy atom. The van der Waals surface area contributed by atoms with Crippen molar-refractivity contribution in [3.63, 3.8) is 0 Å². The molecule has 0 saturated carbocycles. The lowest BCUT2D eigenvalue weighted by Crippen LogP contribution is -2.30. The summed E-state index contributed by atoms with van der Waals surface area (Å²) in [6, 6.07) is 16.8. The molecular formula is C21H19NO5. The molecular weight excluding hydrogens is 346 g/mol. The topological polar surface area (TPSA) is 84.9 Å². The number of carbonyl (C=O) groups excluding carboxylic acids is 2. The van der Waals surface area contributed by atoms with Gasteiger partial charge in [-0.1, -0.05) is 24.3 Å². The normalized spacial score (nSPS) is 11.6. The van der Waals surface area contributed by atoms with Crippen molar-refractivity contribution >= 4 is 28.3 Å². The first-order valence-corrected chi connectivity index (χ1v) is 8.35. The number of phenols is 1. The molecule has 3 aromatic rings. The molecule has 0 heterocycles. The molecule has 0 aliphatic heterocycles. The average molecular weight is 365 g/mol. The lowest BCUT2D eigenvalue weighted by atomic mass is 10.1. The van der Waals surface area contributed by atoms with E-state index in [-0.39, 0.29) is 5.75 Å². The van der Waals surface area contributed by atoms with Crippen molar-refractivity contribution in [3.8, 4) is 11.5 Å².